The minimum atomic E-state index is -0.498. The van der Waals surface area contributed by atoms with Gasteiger partial charge < -0.3 is 14.2 Å². The molecule has 1 aliphatic rings. The lowest BCUT2D eigenvalue weighted by Crippen LogP contribution is -2.43. The summed E-state index contributed by atoms with van der Waals surface area (Å²) in [6.07, 6.45) is 10.8. The maximum atomic E-state index is 11.6. The van der Waals surface area contributed by atoms with Gasteiger partial charge in [-0.3, -0.25) is 9.59 Å². The molecule has 0 saturated carbocycles. The zero-order chi connectivity index (χ0) is 21.9. The molecule has 1 saturated heterocycles. The number of rotatable bonds is 10. The lowest BCUT2D eigenvalue weighted by Gasteiger charge is -2.35. The number of esters is 2. The van der Waals surface area contributed by atoms with Gasteiger partial charge in [0.25, 0.3) is 0 Å². The van der Waals surface area contributed by atoms with E-state index in [4.69, 9.17) is 14.2 Å². The van der Waals surface area contributed by atoms with Crippen molar-refractivity contribution >= 4 is 11.9 Å². The quantitative estimate of drug-likeness (QED) is 0.351. The molecule has 166 valence electrons. The molecule has 0 aromatic heterocycles. The Morgan fingerprint density at radius 2 is 1.93 bits per heavy atom. The van der Waals surface area contributed by atoms with Gasteiger partial charge in [0.05, 0.1) is 6.61 Å². The Bertz CT molecular complexity index is 588. The Kier molecular flexibility index (Phi) is 11.3. The molecule has 5 nitrogen and oxygen atoms in total. The monoisotopic (exact) mass is 408 g/mol. The lowest BCUT2D eigenvalue weighted by molar-refractivity contribution is -0.167. The molecule has 1 heterocycles. The summed E-state index contributed by atoms with van der Waals surface area (Å²) in [5.74, 6) is 0.0938. The van der Waals surface area contributed by atoms with E-state index in [2.05, 4.69) is 33.8 Å². The average Bonchev–Trinajstić information content (AvgIpc) is 2.75. The van der Waals surface area contributed by atoms with Gasteiger partial charge in [-0.1, -0.05) is 31.4 Å². The normalized spacial score (nSPS) is 24.5. The molecule has 1 rings (SSSR count). The van der Waals surface area contributed by atoms with Crippen LogP contribution in [0.1, 0.15) is 86.5 Å². The van der Waals surface area contributed by atoms with E-state index in [1.165, 1.54) is 25.8 Å². The number of carbonyl (C=O) groups is 2. The van der Waals surface area contributed by atoms with Gasteiger partial charge in [-0.2, -0.15) is 0 Å². The molecule has 0 aromatic rings. The maximum absolute atomic E-state index is 11.6. The van der Waals surface area contributed by atoms with Crippen molar-refractivity contribution in [2.75, 3.05) is 13.2 Å². The molecule has 0 amide bonds. The van der Waals surface area contributed by atoms with Crippen LogP contribution in [0.25, 0.3) is 0 Å². The predicted octanol–water partition coefficient (Wildman–Crippen LogP) is 5.53. The van der Waals surface area contributed by atoms with E-state index < -0.39 is 5.60 Å². The van der Waals surface area contributed by atoms with E-state index in [-0.39, 0.29) is 24.6 Å². The van der Waals surface area contributed by atoms with Crippen LogP contribution in [0, 0.1) is 5.92 Å². The van der Waals surface area contributed by atoms with E-state index in [1.807, 2.05) is 6.08 Å². The second-order valence-electron chi connectivity index (χ2n) is 8.76. The van der Waals surface area contributed by atoms with Crippen LogP contribution in [0.15, 0.2) is 23.3 Å². The highest BCUT2D eigenvalue weighted by atomic mass is 16.6. The topological polar surface area (TPSA) is 61.8 Å². The van der Waals surface area contributed by atoms with Crippen molar-refractivity contribution in [2.45, 2.75) is 98.2 Å². The molecular weight excluding hydrogens is 368 g/mol. The van der Waals surface area contributed by atoms with Crippen LogP contribution in [0.4, 0.5) is 0 Å². The fourth-order valence-corrected chi connectivity index (χ4v) is 3.70. The van der Waals surface area contributed by atoms with Crippen molar-refractivity contribution in [3.05, 3.63) is 23.3 Å². The highest BCUT2D eigenvalue weighted by molar-refractivity contribution is 5.66. The van der Waals surface area contributed by atoms with Crippen LogP contribution in [-0.2, 0) is 23.8 Å². The van der Waals surface area contributed by atoms with Crippen molar-refractivity contribution in [1.29, 1.82) is 0 Å². The first-order valence-corrected chi connectivity index (χ1v) is 10.9. The largest absolute Gasteiger partial charge is 0.462 e. The van der Waals surface area contributed by atoms with E-state index >= 15 is 0 Å². The number of hydrogen-bond donors (Lipinski definition) is 0. The SMILES string of the molecule is CC(=O)OC/C=C1\CC[C@@H](OC(C)=O)[C@](C)(CCCC(C)CCC=C(C)C)OC1. The van der Waals surface area contributed by atoms with Crippen LogP contribution in [0.2, 0.25) is 0 Å². The molecule has 29 heavy (non-hydrogen) atoms. The molecule has 0 bridgehead atoms. The van der Waals surface area contributed by atoms with Gasteiger partial charge in [0, 0.05) is 13.8 Å². The van der Waals surface area contributed by atoms with Crippen LogP contribution >= 0.6 is 0 Å². The molecule has 1 unspecified atom stereocenters. The minimum absolute atomic E-state index is 0.256. The molecule has 1 aliphatic heterocycles. The van der Waals surface area contributed by atoms with E-state index in [1.54, 1.807) is 0 Å². The van der Waals surface area contributed by atoms with E-state index in [0.717, 1.165) is 44.1 Å². The second kappa shape index (κ2) is 12.8. The zero-order valence-electron chi connectivity index (χ0n) is 19.2. The molecule has 3 atom stereocenters. The van der Waals surface area contributed by atoms with Crippen molar-refractivity contribution in [2.24, 2.45) is 5.92 Å². The van der Waals surface area contributed by atoms with Crippen molar-refractivity contribution in [1.82, 2.24) is 0 Å². The smallest absolute Gasteiger partial charge is 0.303 e. The standard InChI is InChI=1S/C24H40O5/c1-18(2)9-7-10-19(3)11-8-15-24(6)23(29-21(5)26)13-12-22(17-28-24)14-16-27-20(4)25/h9,14,19,23H,7-8,10-13,15-17H2,1-6H3/b22-14+/t19?,23-,24+/m1/s1. The summed E-state index contributed by atoms with van der Waals surface area (Å²) in [7, 11) is 0. The second-order valence-corrected chi connectivity index (χ2v) is 8.76. The predicted molar refractivity (Wildman–Crippen MR) is 116 cm³/mol. The van der Waals surface area contributed by atoms with Gasteiger partial charge in [0.2, 0.25) is 0 Å². The molecule has 0 aromatic carbocycles. The highest BCUT2D eigenvalue weighted by Gasteiger charge is 2.39. The summed E-state index contributed by atoms with van der Waals surface area (Å²) in [6, 6.07) is 0. The Morgan fingerprint density at radius 3 is 2.55 bits per heavy atom. The van der Waals surface area contributed by atoms with Gasteiger partial charge in [-0.15, -0.1) is 0 Å². The average molecular weight is 409 g/mol. The minimum Gasteiger partial charge on any atom is -0.462 e. The fourth-order valence-electron chi connectivity index (χ4n) is 3.70. The fraction of sp³-hybridized carbons (Fsp3) is 0.750. The first-order chi connectivity index (χ1) is 13.6. The molecular formula is C24H40O5. The summed E-state index contributed by atoms with van der Waals surface area (Å²) in [4.78, 5) is 22.6. The molecule has 5 heteroatoms. The molecule has 0 radical (unpaired) electrons. The van der Waals surface area contributed by atoms with Gasteiger partial charge in [-0.25, -0.2) is 0 Å². The third-order valence-corrected chi connectivity index (χ3v) is 5.55. The van der Waals surface area contributed by atoms with Crippen LogP contribution in [0.3, 0.4) is 0 Å². The van der Waals surface area contributed by atoms with Crippen molar-refractivity contribution < 1.29 is 23.8 Å². The number of hydrogen-bond acceptors (Lipinski definition) is 5. The first kappa shape index (κ1) is 25.4. The molecule has 0 aliphatic carbocycles. The van der Waals surface area contributed by atoms with Crippen LogP contribution in [0.5, 0.6) is 0 Å². The van der Waals surface area contributed by atoms with Crippen LogP contribution < -0.4 is 0 Å². The van der Waals surface area contributed by atoms with Crippen LogP contribution in [-0.4, -0.2) is 36.9 Å². The summed E-state index contributed by atoms with van der Waals surface area (Å²) in [5, 5.41) is 0. The number of ether oxygens (including phenoxy) is 3. The third kappa shape index (κ3) is 10.6. The van der Waals surface area contributed by atoms with Gasteiger partial charge in [0.15, 0.2) is 0 Å². The molecule has 1 fully saturated rings. The number of carbonyl (C=O) groups excluding carboxylic acids is 2. The maximum Gasteiger partial charge on any atom is 0.303 e. The Morgan fingerprint density at radius 1 is 1.21 bits per heavy atom. The summed E-state index contributed by atoms with van der Waals surface area (Å²) < 4.78 is 16.9. The van der Waals surface area contributed by atoms with Gasteiger partial charge >= 0.3 is 11.9 Å². The first-order valence-electron chi connectivity index (χ1n) is 10.9. The van der Waals surface area contributed by atoms with Crippen molar-refractivity contribution in [3.63, 3.8) is 0 Å². The molecule has 0 N–H and O–H groups in total. The summed E-state index contributed by atoms with van der Waals surface area (Å²) >= 11 is 0. The summed E-state index contributed by atoms with van der Waals surface area (Å²) in [6.45, 7) is 12.2. The Hall–Kier alpha value is -1.62. The Balaban J connectivity index is 2.65. The highest BCUT2D eigenvalue weighted by Crippen LogP contribution is 2.34. The van der Waals surface area contributed by atoms with E-state index in [9.17, 15) is 9.59 Å². The van der Waals surface area contributed by atoms with Gasteiger partial charge in [0.1, 0.15) is 18.3 Å². The lowest BCUT2D eigenvalue weighted by atomic mass is 9.87. The number of allylic oxidation sites excluding steroid dienone is 2. The van der Waals surface area contributed by atoms with Gasteiger partial charge in [-0.05, 0) is 70.4 Å². The summed E-state index contributed by atoms with van der Waals surface area (Å²) in [5.41, 5.74) is 1.96. The zero-order valence-corrected chi connectivity index (χ0v) is 19.2. The van der Waals surface area contributed by atoms with Crippen molar-refractivity contribution in [3.8, 4) is 0 Å². The van der Waals surface area contributed by atoms with E-state index in [0.29, 0.717) is 12.5 Å². The Labute approximate surface area is 176 Å². The molecule has 0 spiro atoms. The third-order valence-electron chi connectivity index (χ3n) is 5.55.